The number of sulfonamides is 1. The van der Waals surface area contributed by atoms with Gasteiger partial charge in [0.05, 0.1) is 15.0 Å². The van der Waals surface area contributed by atoms with Crippen molar-refractivity contribution in [3.63, 3.8) is 0 Å². The minimum atomic E-state index is -3.80. The van der Waals surface area contributed by atoms with Crippen molar-refractivity contribution >= 4 is 43.1 Å². The van der Waals surface area contributed by atoms with Gasteiger partial charge in [-0.05, 0) is 59.7 Å². The van der Waals surface area contributed by atoms with Crippen LogP contribution in [0.25, 0.3) is 11.1 Å². The molecule has 0 bridgehead atoms. The van der Waals surface area contributed by atoms with Crippen molar-refractivity contribution in [3.8, 4) is 11.1 Å². The van der Waals surface area contributed by atoms with Crippen molar-refractivity contribution in [2.75, 3.05) is 13.1 Å². The van der Waals surface area contributed by atoms with Crippen LogP contribution in [0.3, 0.4) is 0 Å². The zero-order valence-corrected chi connectivity index (χ0v) is 18.7. The zero-order valence-electron chi connectivity index (χ0n) is 15.6. The smallest absolute Gasteiger partial charge is 0.223 e. The second kappa shape index (κ2) is 7.98. The molecule has 3 aromatic rings. The Hall–Kier alpha value is -1.90. The number of halogens is 2. The molecule has 1 aliphatic heterocycles. The van der Waals surface area contributed by atoms with Crippen molar-refractivity contribution < 1.29 is 16.8 Å². The molecule has 1 aliphatic rings. The van der Waals surface area contributed by atoms with Gasteiger partial charge in [0.1, 0.15) is 0 Å². The Balaban J connectivity index is 1.54. The van der Waals surface area contributed by atoms with Crippen molar-refractivity contribution in [1.29, 1.82) is 0 Å². The fourth-order valence-electron chi connectivity index (χ4n) is 3.24. The van der Waals surface area contributed by atoms with E-state index in [1.165, 1.54) is 34.6 Å². The summed E-state index contributed by atoms with van der Waals surface area (Å²) >= 11 is 11.7. The fraction of sp³-hybridized carbons (Fsp3) is 0.143. The van der Waals surface area contributed by atoms with Crippen molar-refractivity contribution in [3.05, 3.63) is 82.8 Å². The molecule has 156 valence electrons. The maximum absolute atomic E-state index is 13.0. The Kier molecular flexibility index (Phi) is 5.67. The Bertz CT molecular complexity index is 1280. The first-order chi connectivity index (χ1) is 14.2. The molecule has 1 saturated heterocycles. The van der Waals surface area contributed by atoms with Crippen molar-refractivity contribution in [2.24, 2.45) is 0 Å². The number of rotatable bonds is 5. The van der Waals surface area contributed by atoms with E-state index >= 15 is 0 Å². The molecule has 3 aromatic carbocycles. The van der Waals surface area contributed by atoms with E-state index in [4.69, 9.17) is 23.2 Å². The SMILES string of the molecule is O=S(=O)(c1ccc(Cl)cc1)C1CN(S(=O)(=O)c2cccc(-c3ccc(Cl)cc3)c2)C1. The van der Waals surface area contributed by atoms with Gasteiger partial charge in [0, 0.05) is 23.1 Å². The molecular formula is C21H17Cl2NO4S2. The molecule has 1 heterocycles. The third-order valence-electron chi connectivity index (χ3n) is 5.04. The Morgan fingerprint density at radius 1 is 0.700 bits per heavy atom. The molecule has 0 aliphatic carbocycles. The molecule has 0 N–H and O–H groups in total. The van der Waals surface area contributed by atoms with E-state index in [-0.39, 0.29) is 22.9 Å². The van der Waals surface area contributed by atoms with E-state index < -0.39 is 25.1 Å². The topological polar surface area (TPSA) is 71.5 Å². The van der Waals surface area contributed by atoms with Crippen LogP contribution in [-0.2, 0) is 19.9 Å². The highest BCUT2D eigenvalue weighted by Crippen LogP contribution is 2.31. The van der Waals surface area contributed by atoms with Gasteiger partial charge in [0.25, 0.3) is 0 Å². The average Bonchev–Trinajstić information content (AvgIpc) is 2.67. The van der Waals surface area contributed by atoms with E-state index in [1.807, 2.05) is 18.2 Å². The van der Waals surface area contributed by atoms with Crippen LogP contribution in [0.15, 0.2) is 82.6 Å². The highest BCUT2D eigenvalue weighted by Gasteiger charge is 2.44. The van der Waals surface area contributed by atoms with E-state index in [2.05, 4.69) is 0 Å². The van der Waals surface area contributed by atoms with Gasteiger partial charge in [-0.1, -0.05) is 47.5 Å². The Morgan fingerprint density at radius 2 is 1.27 bits per heavy atom. The van der Waals surface area contributed by atoms with Crippen LogP contribution in [0.5, 0.6) is 0 Å². The number of nitrogens with zero attached hydrogens (tertiary/aromatic N) is 1. The molecule has 0 atom stereocenters. The van der Waals surface area contributed by atoms with E-state index in [1.54, 1.807) is 24.3 Å². The number of hydrogen-bond acceptors (Lipinski definition) is 4. The van der Waals surface area contributed by atoms with Gasteiger partial charge >= 0.3 is 0 Å². The van der Waals surface area contributed by atoms with Crippen LogP contribution < -0.4 is 0 Å². The largest absolute Gasteiger partial charge is 0.243 e. The molecule has 0 saturated carbocycles. The molecule has 9 heteroatoms. The number of hydrogen-bond donors (Lipinski definition) is 0. The van der Waals surface area contributed by atoms with Gasteiger partial charge in [-0.25, -0.2) is 16.8 Å². The van der Waals surface area contributed by atoms with Crippen LogP contribution in [0, 0.1) is 0 Å². The van der Waals surface area contributed by atoms with E-state index in [0.29, 0.717) is 10.0 Å². The fourth-order valence-corrected chi connectivity index (χ4v) is 6.91. The highest BCUT2D eigenvalue weighted by molar-refractivity contribution is 7.92. The van der Waals surface area contributed by atoms with Gasteiger partial charge in [0.2, 0.25) is 10.0 Å². The molecule has 0 unspecified atom stereocenters. The number of sulfone groups is 1. The van der Waals surface area contributed by atoms with Crippen molar-refractivity contribution in [1.82, 2.24) is 4.31 Å². The van der Waals surface area contributed by atoms with Gasteiger partial charge < -0.3 is 0 Å². The molecule has 30 heavy (non-hydrogen) atoms. The lowest BCUT2D eigenvalue weighted by molar-refractivity contribution is 0.309. The molecule has 4 rings (SSSR count). The summed E-state index contributed by atoms with van der Waals surface area (Å²) in [5.74, 6) is 0. The van der Waals surface area contributed by atoms with Gasteiger partial charge in [-0.2, -0.15) is 4.31 Å². The monoisotopic (exact) mass is 481 g/mol. The van der Waals surface area contributed by atoms with Gasteiger partial charge in [-0.15, -0.1) is 0 Å². The maximum atomic E-state index is 13.0. The highest BCUT2D eigenvalue weighted by atomic mass is 35.5. The first kappa shape index (κ1) is 21.3. The summed E-state index contributed by atoms with van der Waals surface area (Å²) < 4.78 is 52.6. The van der Waals surface area contributed by atoms with Crippen LogP contribution in [0.1, 0.15) is 0 Å². The normalized spacial score (nSPS) is 15.7. The van der Waals surface area contributed by atoms with Crippen LogP contribution in [0.2, 0.25) is 10.0 Å². The van der Waals surface area contributed by atoms with E-state index in [0.717, 1.165) is 11.1 Å². The molecule has 1 fully saturated rings. The van der Waals surface area contributed by atoms with Gasteiger partial charge in [0.15, 0.2) is 9.84 Å². The summed E-state index contributed by atoms with van der Waals surface area (Å²) in [6.45, 7) is -0.170. The standard InChI is InChI=1S/C21H17Cl2NO4S2/c22-17-6-4-15(5-7-17)16-2-1-3-20(12-16)30(27,28)24-13-21(14-24)29(25,26)19-10-8-18(23)9-11-19/h1-12,21H,13-14H2. The third-order valence-corrected chi connectivity index (χ3v) is 9.48. The Morgan fingerprint density at radius 3 is 1.87 bits per heavy atom. The molecule has 0 aromatic heterocycles. The predicted octanol–water partition coefficient (Wildman–Crippen LogP) is 4.51. The number of benzene rings is 3. The molecule has 5 nitrogen and oxygen atoms in total. The Labute approximate surface area is 185 Å². The summed E-state index contributed by atoms with van der Waals surface area (Å²) in [4.78, 5) is 0.260. The molecule has 0 radical (unpaired) electrons. The molecular weight excluding hydrogens is 465 g/mol. The average molecular weight is 482 g/mol. The summed E-state index contributed by atoms with van der Waals surface area (Å²) in [7, 11) is -7.43. The van der Waals surface area contributed by atoms with Crippen LogP contribution in [0.4, 0.5) is 0 Å². The van der Waals surface area contributed by atoms with Gasteiger partial charge in [-0.3, -0.25) is 0 Å². The maximum Gasteiger partial charge on any atom is 0.243 e. The third kappa shape index (κ3) is 4.00. The zero-order chi connectivity index (χ0) is 21.5. The van der Waals surface area contributed by atoms with Crippen molar-refractivity contribution in [2.45, 2.75) is 15.0 Å². The second-order valence-corrected chi connectivity index (χ2v) is 12.0. The van der Waals surface area contributed by atoms with E-state index in [9.17, 15) is 16.8 Å². The summed E-state index contributed by atoms with van der Waals surface area (Å²) in [5.41, 5.74) is 1.57. The lowest BCUT2D eigenvalue weighted by Gasteiger charge is -2.37. The first-order valence-electron chi connectivity index (χ1n) is 9.03. The minimum absolute atomic E-state index is 0.0849. The summed E-state index contributed by atoms with van der Waals surface area (Å²) in [6, 6.07) is 19.5. The summed E-state index contributed by atoms with van der Waals surface area (Å²) in [5, 5.41) is 0.247. The first-order valence-corrected chi connectivity index (χ1v) is 12.8. The lowest BCUT2D eigenvalue weighted by Crippen LogP contribution is -2.56. The quantitative estimate of drug-likeness (QED) is 0.537. The second-order valence-electron chi connectivity index (χ2n) is 6.98. The molecule has 0 spiro atoms. The minimum Gasteiger partial charge on any atom is -0.223 e. The molecule has 0 amide bonds. The summed E-state index contributed by atoms with van der Waals surface area (Å²) in [6.07, 6.45) is 0. The lowest BCUT2D eigenvalue weighted by atomic mass is 10.1. The van der Waals surface area contributed by atoms with Crippen LogP contribution in [-0.4, -0.2) is 39.5 Å². The van der Waals surface area contributed by atoms with Crippen LogP contribution >= 0.6 is 23.2 Å². The predicted molar refractivity (Wildman–Crippen MR) is 118 cm³/mol.